The minimum absolute atomic E-state index is 0.362. The Labute approximate surface area is 163 Å². The molecule has 2 rings (SSSR count). The fraction of sp³-hybridized carbons (Fsp3) is 0.435. The molecule has 0 spiro atoms. The molecule has 2 aromatic carbocycles. The fourth-order valence-electron chi connectivity index (χ4n) is 2.99. The Morgan fingerprint density at radius 2 is 1.52 bits per heavy atom. The van der Waals surface area contributed by atoms with Crippen LogP contribution in [-0.2, 0) is 6.42 Å². The number of phenolic OH excluding ortho intramolecular Hbond substituents is 1. The SMILES string of the molecule is CCCCCCc1ccccc1C(=O)O.CCN(CC)c1ccccc1O. The van der Waals surface area contributed by atoms with Gasteiger partial charge in [0.1, 0.15) is 5.75 Å². The first kappa shape index (κ1) is 22.6. The number of aryl methyl sites for hydroxylation is 1. The highest BCUT2D eigenvalue weighted by molar-refractivity contribution is 5.89. The first-order valence-corrected chi connectivity index (χ1v) is 9.89. The third-order valence-electron chi connectivity index (χ3n) is 4.53. The molecule has 0 bridgehead atoms. The number of rotatable bonds is 9. The van der Waals surface area contributed by atoms with E-state index in [4.69, 9.17) is 5.11 Å². The summed E-state index contributed by atoms with van der Waals surface area (Å²) < 4.78 is 0. The van der Waals surface area contributed by atoms with Crippen molar-refractivity contribution in [3.05, 3.63) is 59.7 Å². The molecule has 0 saturated carbocycles. The number of hydrogen-bond acceptors (Lipinski definition) is 3. The smallest absolute Gasteiger partial charge is 0.335 e. The number of benzene rings is 2. The van der Waals surface area contributed by atoms with E-state index in [2.05, 4.69) is 25.7 Å². The summed E-state index contributed by atoms with van der Waals surface area (Å²) in [6, 6.07) is 14.7. The molecule has 2 aromatic rings. The summed E-state index contributed by atoms with van der Waals surface area (Å²) in [7, 11) is 0. The number of hydrogen-bond donors (Lipinski definition) is 2. The number of phenols is 1. The quantitative estimate of drug-likeness (QED) is 0.551. The summed E-state index contributed by atoms with van der Waals surface area (Å²) >= 11 is 0. The minimum Gasteiger partial charge on any atom is -0.506 e. The van der Waals surface area contributed by atoms with Crippen molar-refractivity contribution in [3.8, 4) is 5.75 Å². The number of nitrogens with zero attached hydrogens (tertiary/aromatic N) is 1. The number of aromatic hydroxyl groups is 1. The number of unbranched alkanes of at least 4 members (excludes halogenated alkanes) is 3. The molecule has 2 N–H and O–H groups in total. The van der Waals surface area contributed by atoms with Gasteiger partial charge in [0.05, 0.1) is 11.3 Å². The van der Waals surface area contributed by atoms with Crippen LogP contribution in [0.15, 0.2) is 48.5 Å². The van der Waals surface area contributed by atoms with E-state index >= 15 is 0 Å². The standard InChI is InChI=1S/C13H18O2.C10H15NO/c1-2-3-4-5-8-11-9-6-7-10-12(11)13(14)15;1-3-11(4-2)9-7-5-6-8-10(9)12/h6-7,9-10H,2-5,8H2,1H3,(H,14,15);5-8,12H,3-4H2,1-2H3. The van der Waals surface area contributed by atoms with Gasteiger partial charge in [0, 0.05) is 13.1 Å². The zero-order valence-electron chi connectivity index (χ0n) is 16.8. The van der Waals surface area contributed by atoms with Crippen molar-refractivity contribution in [2.75, 3.05) is 18.0 Å². The van der Waals surface area contributed by atoms with Gasteiger partial charge in [-0.2, -0.15) is 0 Å². The van der Waals surface area contributed by atoms with E-state index < -0.39 is 5.97 Å². The van der Waals surface area contributed by atoms with E-state index in [1.54, 1.807) is 18.2 Å². The van der Waals surface area contributed by atoms with Crippen molar-refractivity contribution in [3.63, 3.8) is 0 Å². The van der Waals surface area contributed by atoms with E-state index in [0.29, 0.717) is 11.3 Å². The van der Waals surface area contributed by atoms with Crippen LogP contribution >= 0.6 is 0 Å². The lowest BCUT2D eigenvalue weighted by atomic mass is 10.0. The predicted molar refractivity (Wildman–Crippen MR) is 113 cm³/mol. The van der Waals surface area contributed by atoms with Crippen molar-refractivity contribution >= 4 is 11.7 Å². The molecule has 0 heterocycles. The maximum atomic E-state index is 10.9. The van der Waals surface area contributed by atoms with Gasteiger partial charge in [-0.25, -0.2) is 4.79 Å². The first-order chi connectivity index (χ1) is 13.0. The van der Waals surface area contributed by atoms with Crippen molar-refractivity contribution in [2.45, 2.75) is 52.9 Å². The molecule has 0 unspecified atom stereocenters. The van der Waals surface area contributed by atoms with Gasteiger partial charge in [-0.3, -0.25) is 0 Å². The van der Waals surface area contributed by atoms with Crippen LogP contribution in [0.4, 0.5) is 5.69 Å². The molecule has 0 aromatic heterocycles. The minimum atomic E-state index is -0.818. The van der Waals surface area contributed by atoms with Gasteiger partial charge >= 0.3 is 5.97 Å². The van der Waals surface area contributed by atoms with Crippen LogP contribution in [0.3, 0.4) is 0 Å². The molecular weight excluding hydrogens is 338 g/mol. The molecule has 4 nitrogen and oxygen atoms in total. The highest BCUT2D eigenvalue weighted by Crippen LogP contribution is 2.25. The Bertz CT molecular complexity index is 681. The molecule has 0 aliphatic heterocycles. The van der Waals surface area contributed by atoms with Crippen LogP contribution in [0.1, 0.15) is 62.4 Å². The van der Waals surface area contributed by atoms with Gasteiger partial charge in [0.15, 0.2) is 0 Å². The number of para-hydroxylation sites is 2. The first-order valence-electron chi connectivity index (χ1n) is 9.89. The van der Waals surface area contributed by atoms with Crippen LogP contribution in [0, 0.1) is 0 Å². The molecule has 0 amide bonds. The normalized spacial score (nSPS) is 10.0. The van der Waals surface area contributed by atoms with E-state index in [1.165, 1.54) is 19.3 Å². The van der Waals surface area contributed by atoms with Crippen LogP contribution in [-0.4, -0.2) is 29.3 Å². The Morgan fingerprint density at radius 1 is 0.889 bits per heavy atom. The molecule has 148 valence electrons. The molecular formula is C23H33NO3. The van der Waals surface area contributed by atoms with Gasteiger partial charge in [-0.05, 0) is 50.5 Å². The van der Waals surface area contributed by atoms with E-state index in [-0.39, 0.29) is 0 Å². The average Bonchev–Trinajstić information content (AvgIpc) is 2.68. The third kappa shape index (κ3) is 7.73. The summed E-state index contributed by atoms with van der Waals surface area (Å²) in [5.41, 5.74) is 2.33. The lowest BCUT2D eigenvalue weighted by Crippen LogP contribution is -2.21. The third-order valence-corrected chi connectivity index (χ3v) is 4.53. The number of anilines is 1. The Morgan fingerprint density at radius 3 is 2.11 bits per heavy atom. The van der Waals surface area contributed by atoms with E-state index in [9.17, 15) is 9.90 Å². The largest absolute Gasteiger partial charge is 0.506 e. The molecule has 27 heavy (non-hydrogen) atoms. The highest BCUT2D eigenvalue weighted by Gasteiger charge is 2.07. The van der Waals surface area contributed by atoms with Gasteiger partial charge in [-0.1, -0.05) is 56.5 Å². The zero-order valence-corrected chi connectivity index (χ0v) is 16.8. The van der Waals surface area contributed by atoms with Crippen molar-refractivity contribution in [1.29, 1.82) is 0 Å². The van der Waals surface area contributed by atoms with Gasteiger partial charge < -0.3 is 15.1 Å². The van der Waals surface area contributed by atoms with Gasteiger partial charge in [0.25, 0.3) is 0 Å². The molecule has 0 atom stereocenters. The maximum Gasteiger partial charge on any atom is 0.335 e. The zero-order chi connectivity index (χ0) is 20.1. The second kappa shape index (κ2) is 12.8. The van der Waals surface area contributed by atoms with Crippen LogP contribution < -0.4 is 4.90 Å². The number of aromatic carboxylic acids is 1. The molecule has 4 heteroatoms. The number of carbonyl (C=O) groups is 1. The van der Waals surface area contributed by atoms with Crippen molar-refractivity contribution < 1.29 is 15.0 Å². The Balaban J connectivity index is 0.000000277. The number of carboxylic acid groups (broad SMARTS) is 1. The van der Waals surface area contributed by atoms with E-state index in [0.717, 1.165) is 37.2 Å². The fourth-order valence-corrected chi connectivity index (χ4v) is 2.99. The highest BCUT2D eigenvalue weighted by atomic mass is 16.4. The van der Waals surface area contributed by atoms with Crippen molar-refractivity contribution in [2.24, 2.45) is 0 Å². The lowest BCUT2D eigenvalue weighted by Gasteiger charge is -2.21. The Hall–Kier alpha value is -2.49. The van der Waals surface area contributed by atoms with Gasteiger partial charge in [-0.15, -0.1) is 0 Å². The van der Waals surface area contributed by atoms with Crippen LogP contribution in [0.25, 0.3) is 0 Å². The molecule has 0 aliphatic carbocycles. The molecule has 0 aliphatic rings. The van der Waals surface area contributed by atoms with E-state index in [1.807, 2.05) is 30.3 Å². The monoisotopic (exact) mass is 371 g/mol. The Kier molecular flexibility index (Phi) is 10.7. The van der Waals surface area contributed by atoms with Crippen LogP contribution in [0.2, 0.25) is 0 Å². The average molecular weight is 372 g/mol. The second-order valence-electron chi connectivity index (χ2n) is 6.43. The van der Waals surface area contributed by atoms with Crippen molar-refractivity contribution in [1.82, 2.24) is 0 Å². The summed E-state index contributed by atoms with van der Waals surface area (Å²) in [5.74, 6) is -0.456. The second-order valence-corrected chi connectivity index (χ2v) is 6.43. The molecule has 0 fully saturated rings. The molecule has 0 radical (unpaired) electrons. The topological polar surface area (TPSA) is 60.8 Å². The molecule has 0 saturated heterocycles. The lowest BCUT2D eigenvalue weighted by molar-refractivity contribution is 0.0695. The summed E-state index contributed by atoms with van der Waals surface area (Å²) in [5, 5.41) is 18.5. The van der Waals surface area contributed by atoms with Crippen LogP contribution in [0.5, 0.6) is 5.75 Å². The maximum absolute atomic E-state index is 10.9. The summed E-state index contributed by atoms with van der Waals surface area (Å²) in [6.45, 7) is 8.18. The summed E-state index contributed by atoms with van der Waals surface area (Å²) in [4.78, 5) is 13.0. The predicted octanol–water partition coefficient (Wildman–Crippen LogP) is 5.75. The van der Waals surface area contributed by atoms with Gasteiger partial charge in [0.2, 0.25) is 0 Å². The summed E-state index contributed by atoms with van der Waals surface area (Å²) in [6.07, 6.45) is 5.58. The number of carboxylic acids is 1.